The Morgan fingerprint density at radius 3 is 2.62 bits per heavy atom. The minimum absolute atomic E-state index is 0.0386. The molecule has 5 rings (SSSR count). The van der Waals surface area contributed by atoms with Crippen molar-refractivity contribution >= 4 is 11.0 Å². The summed E-state index contributed by atoms with van der Waals surface area (Å²) in [5.74, 6) is -0.0529. The number of H-pyrrole nitrogens is 2. The van der Waals surface area contributed by atoms with Crippen LogP contribution in [-0.4, -0.2) is 30.2 Å². The summed E-state index contributed by atoms with van der Waals surface area (Å²) in [5, 5.41) is 16.3. The van der Waals surface area contributed by atoms with Crippen LogP contribution in [0.3, 0.4) is 0 Å². The smallest absolute Gasteiger partial charge is 0.323 e. The third-order valence-corrected chi connectivity index (χ3v) is 5.75. The summed E-state index contributed by atoms with van der Waals surface area (Å²) in [6, 6.07) is 10.4. The summed E-state index contributed by atoms with van der Waals surface area (Å²) in [6.07, 6.45) is 0.967. The fourth-order valence-electron chi connectivity index (χ4n) is 4.22. The number of aromatic amines is 2. The van der Waals surface area contributed by atoms with Gasteiger partial charge in [0.25, 0.3) is 0 Å². The maximum atomic E-state index is 13.7. The van der Waals surface area contributed by atoms with Crippen LogP contribution in [0.15, 0.2) is 58.0 Å². The maximum absolute atomic E-state index is 13.7. The molecule has 5 aromatic rings. The molecule has 0 radical (unpaired) electrons. The molecule has 0 aliphatic carbocycles. The predicted molar refractivity (Wildman–Crippen MR) is 119 cm³/mol. The van der Waals surface area contributed by atoms with Gasteiger partial charge in [-0.1, -0.05) is 11.2 Å². The first kappa shape index (κ1) is 21.7. The van der Waals surface area contributed by atoms with Crippen molar-refractivity contribution in [2.45, 2.75) is 26.1 Å². The van der Waals surface area contributed by atoms with Gasteiger partial charge in [0.15, 0.2) is 5.60 Å². The van der Waals surface area contributed by atoms with Crippen LogP contribution in [0.1, 0.15) is 34.1 Å². The Labute approximate surface area is 191 Å². The monoisotopic (exact) mass is 463 g/mol. The van der Waals surface area contributed by atoms with Gasteiger partial charge < -0.3 is 19.6 Å². The van der Waals surface area contributed by atoms with E-state index >= 15 is 0 Å². The molecule has 0 amide bonds. The molecular formula is C24H19F2N5O3. The van der Waals surface area contributed by atoms with Crippen molar-refractivity contribution in [2.24, 2.45) is 0 Å². The van der Waals surface area contributed by atoms with Gasteiger partial charge in [-0.15, -0.1) is 0 Å². The van der Waals surface area contributed by atoms with E-state index in [2.05, 4.69) is 25.1 Å². The molecule has 1 aromatic carbocycles. The van der Waals surface area contributed by atoms with Gasteiger partial charge in [0.1, 0.15) is 18.3 Å². The average molecular weight is 463 g/mol. The van der Waals surface area contributed by atoms with E-state index in [1.165, 1.54) is 18.2 Å². The fraction of sp³-hybridized carbons (Fsp3) is 0.167. The average Bonchev–Trinajstić information content (AvgIpc) is 3.38. The number of hydrogen-bond donors (Lipinski definition) is 3. The summed E-state index contributed by atoms with van der Waals surface area (Å²) < 4.78 is 32.5. The number of aryl methyl sites for hydroxylation is 2. The number of fused-ring (bicyclic) bond motifs is 1. The minimum atomic E-state index is -2.07. The molecule has 0 aliphatic rings. The van der Waals surface area contributed by atoms with Crippen molar-refractivity contribution in [3.63, 3.8) is 0 Å². The Balaban J connectivity index is 1.89. The van der Waals surface area contributed by atoms with Crippen molar-refractivity contribution < 1.29 is 18.4 Å². The van der Waals surface area contributed by atoms with E-state index in [1.54, 1.807) is 32.0 Å². The van der Waals surface area contributed by atoms with Gasteiger partial charge >= 0.3 is 5.69 Å². The molecule has 8 nitrogen and oxygen atoms in total. The summed E-state index contributed by atoms with van der Waals surface area (Å²) in [6.45, 7) is 2.67. The van der Waals surface area contributed by atoms with Crippen LogP contribution in [0.4, 0.5) is 8.78 Å². The summed E-state index contributed by atoms with van der Waals surface area (Å²) in [5.41, 5.74) is 0.436. The predicted octanol–water partition coefficient (Wildman–Crippen LogP) is 3.81. The lowest BCUT2D eigenvalue weighted by Gasteiger charge is -2.29. The summed E-state index contributed by atoms with van der Waals surface area (Å²) in [7, 11) is 0. The fourth-order valence-corrected chi connectivity index (χ4v) is 4.22. The number of pyridine rings is 2. The molecular weight excluding hydrogens is 444 g/mol. The van der Waals surface area contributed by atoms with Crippen molar-refractivity contribution in [1.82, 2.24) is 25.1 Å². The number of benzene rings is 1. The maximum Gasteiger partial charge on any atom is 0.323 e. The van der Waals surface area contributed by atoms with E-state index < -0.39 is 23.8 Å². The van der Waals surface area contributed by atoms with Gasteiger partial charge in [-0.25, -0.2) is 13.6 Å². The van der Waals surface area contributed by atoms with E-state index in [9.17, 15) is 18.7 Å². The number of imidazole rings is 1. The third-order valence-electron chi connectivity index (χ3n) is 5.75. The van der Waals surface area contributed by atoms with Crippen LogP contribution in [0.25, 0.3) is 22.2 Å². The first-order valence-electron chi connectivity index (χ1n) is 10.4. The van der Waals surface area contributed by atoms with Gasteiger partial charge in [-0.2, -0.15) is 0 Å². The van der Waals surface area contributed by atoms with Crippen LogP contribution >= 0.6 is 0 Å². The lowest BCUT2D eigenvalue weighted by atomic mass is 9.83. The lowest BCUT2D eigenvalue weighted by Crippen LogP contribution is -2.32. The molecule has 0 spiro atoms. The Morgan fingerprint density at radius 1 is 1.12 bits per heavy atom. The zero-order valence-electron chi connectivity index (χ0n) is 18.2. The topological polar surface area (TPSA) is 121 Å². The van der Waals surface area contributed by atoms with Gasteiger partial charge in [-0.05, 0) is 55.8 Å². The second-order valence-corrected chi connectivity index (χ2v) is 7.94. The second-order valence-electron chi connectivity index (χ2n) is 7.94. The van der Waals surface area contributed by atoms with E-state index in [1.807, 2.05) is 0 Å². The molecule has 34 heavy (non-hydrogen) atoms. The number of halogens is 2. The van der Waals surface area contributed by atoms with Gasteiger partial charge in [-0.3, -0.25) is 9.97 Å². The highest BCUT2D eigenvalue weighted by Gasteiger charge is 2.40. The Kier molecular flexibility index (Phi) is 5.09. The molecule has 0 aliphatic heterocycles. The minimum Gasteiger partial charge on any atom is -0.373 e. The first-order chi connectivity index (χ1) is 16.3. The highest BCUT2D eigenvalue weighted by Crippen LogP contribution is 2.40. The number of alkyl halides is 1. The zero-order valence-corrected chi connectivity index (χ0v) is 18.2. The molecule has 0 bridgehead atoms. The van der Waals surface area contributed by atoms with E-state index in [4.69, 9.17) is 4.52 Å². The highest BCUT2D eigenvalue weighted by atomic mass is 19.1. The molecule has 4 aromatic heterocycles. The molecule has 0 saturated heterocycles. The van der Waals surface area contributed by atoms with Crippen molar-refractivity contribution in [3.05, 3.63) is 99.1 Å². The van der Waals surface area contributed by atoms with Crippen molar-refractivity contribution in [3.8, 4) is 11.1 Å². The molecule has 0 fully saturated rings. The largest absolute Gasteiger partial charge is 0.373 e. The van der Waals surface area contributed by atoms with Crippen LogP contribution in [-0.2, 0) is 12.3 Å². The van der Waals surface area contributed by atoms with Gasteiger partial charge in [0.05, 0.1) is 40.0 Å². The standard InChI is InChI=1S/C24H19F2N5O3/c1-12-21(13(2)34-31-12)14-8-17(22-18(9-14)29-23(32)30-22)24(33,19-7-6-15(26)11-27-19)20-5-3-4-16(10-25)28-20/h3-9,11,33H,10H2,1-2H3,(H2,29,30,32). The van der Waals surface area contributed by atoms with E-state index in [0.717, 1.165) is 12.3 Å². The van der Waals surface area contributed by atoms with Gasteiger partial charge in [0, 0.05) is 11.1 Å². The Morgan fingerprint density at radius 2 is 1.94 bits per heavy atom. The number of hydrogen-bond acceptors (Lipinski definition) is 6. The van der Waals surface area contributed by atoms with Crippen molar-refractivity contribution in [1.29, 1.82) is 0 Å². The second kappa shape index (κ2) is 7.99. The van der Waals surface area contributed by atoms with E-state index in [-0.39, 0.29) is 22.6 Å². The van der Waals surface area contributed by atoms with Crippen molar-refractivity contribution in [2.75, 3.05) is 0 Å². The van der Waals surface area contributed by atoms with Crippen LogP contribution in [0, 0.1) is 19.7 Å². The highest BCUT2D eigenvalue weighted by molar-refractivity contribution is 5.87. The SMILES string of the molecule is Cc1noc(C)c1-c1cc(C(O)(c2ccc(F)cn2)c2cccc(CF)n2)c2[nH]c(=O)[nH]c2c1. The van der Waals surface area contributed by atoms with Gasteiger partial charge in [0.2, 0.25) is 0 Å². The summed E-state index contributed by atoms with van der Waals surface area (Å²) >= 11 is 0. The molecule has 10 heteroatoms. The van der Waals surface area contributed by atoms with Crippen LogP contribution in [0.5, 0.6) is 0 Å². The van der Waals surface area contributed by atoms with E-state index in [0.29, 0.717) is 33.6 Å². The summed E-state index contributed by atoms with van der Waals surface area (Å²) in [4.78, 5) is 26.1. The normalized spacial score (nSPS) is 13.3. The van der Waals surface area contributed by atoms with Crippen LogP contribution in [0.2, 0.25) is 0 Å². The third kappa shape index (κ3) is 3.39. The molecule has 4 heterocycles. The molecule has 1 unspecified atom stereocenters. The molecule has 3 N–H and O–H groups in total. The Hall–Kier alpha value is -4.18. The quantitative estimate of drug-likeness (QED) is 0.365. The number of aliphatic hydroxyl groups is 1. The Bertz CT molecular complexity index is 1550. The molecule has 1 atom stereocenters. The lowest BCUT2D eigenvalue weighted by molar-refractivity contribution is 0.117. The molecule has 0 saturated carbocycles. The first-order valence-corrected chi connectivity index (χ1v) is 10.4. The zero-order chi connectivity index (χ0) is 24.0. The number of aromatic nitrogens is 5. The molecule has 172 valence electrons. The van der Waals surface area contributed by atoms with Crippen LogP contribution < -0.4 is 5.69 Å². The number of nitrogens with zero attached hydrogens (tertiary/aromatic N) is 3. The number of rotatable bonds is 5. The number of nitrogens with one attached hydrogen (secondary N) is 2.